The number of carbonyl (C=O) groups is 1. The number of ether oxygens (including phenoxy) is 1. The Labute approximate surface area is 117 Å². The van der Waals surface area contributed by atoms with Gasteiger partial charge in [0.15, 0.2) is 8.32 Å². The first-order chi connectivity index (χ1) is 8.77. The topological polar surface area (TPSA) is 35.5 Å². The highest BCUT2D eigenvalue weighted by Crippen LogP contribution is 2.63. The predicted molar refractivity (Wildman–Crippen MR) is 80.4 cm³/mol. The van der Waals surface area contributed by atoms with E-state index in [0.717, 1.165) is 0 Å². The first kappa shape index (κ1) is 15.9. The molecule has 1 fully saturated rings. The van der Waals surface area contributed by atoms with Crippen LogP contribution in [-0.4, -0.2) is 27.0 Å². The van der Waals surface area contributed by atoms with Crippen LogP contribution in [0.25, 0.3) is 0 Å². The Morgan fingerprint density at radius 3 is 2.42 bits per heavy atom. The maximum Gasteiger partial charge on any atom is 0.315 e. The molecule has 0 unspecified atom stereocenters. The molecule has 19 heavy (non-hydrogen) atoms. The van der Waals surface area contributed by atoms with Gasteiger partial charge in [-0.05, 0) is 32.5 Å². The van der Waals surface area contributed by atoms with Crippen molar-refractivity contribution >= 4 is 14.3 Å². The van der Waals surface area contributed by atoms with E-state index in [1.165, 1.54) is 7.11 Å². The molecule has 0 aromatic carbocycles. The molecule has 0 aromatic rings. The van der Waals surface area contributed by atoms with Gasteiger partial charge in [-0.2, -0.15) is 0 Å². The molecule has 1 aliphatic carbocycles. The van der Waals surface area contributed by atoms with Gasteiger partial charge in [0.1, 0.15) is 5.41 Å². The number of carbonyl (C=O) groups excluding carboxylic acids is 1. The third-order valence-electron chi connectivity index (χ3n) is 3.38. The van der Waals surface area contributed by atoms with Gasteiger partial charge >= 0.3 is 5.97 Å². The molecule has 0 amide bonds. The molecule has 1 aliphatic rings. The molecule has 1 saturated carbocycles. The normalized spacial score (nSPS) is 30.1. The van der Waals surface area contributed by atoms with Crippen molar-refractivity contribution in [2.45, 2.75) is 38.1 Å². The number of rotatable bonds is 7. The molecular weight excluding hydrogens is 256 g/mol. The predicted octanol–water partition coefficient (Wildman–Crippen LogP) is 3.46. The van der Waals surface area contributed by atoms with Crippen molar-refractivity contribution in [1.29, 1.82) is 0 Å². The number of hydrogen-bond acceptors (Lipinski definition) is 3. The summed E-state index contributed by atoms with van der Waals surface area (Å²) in [6.45, 7) is 13.8. The first-order valence-corrected chi connectivity index (χ1v) is 9.87. The Kier molecular flexibility index (Phi) is 4.58. The van der Waals surface area contributed by atoms with E-state index in [-0.39, 0.29) is 5.97 Å². The van der Waals surface area contributed by atoms with Crippen molar-refractivity contribution < 1.29 is 14.0 Å². The Bertz CT molecular complexity index is 408. The monoisotopic (exact) mass is 280 g/mol. The largest absolute Gasteiger partial charge is 0.468 e. The van der Waals surface area contributed by atoms with Crippen LogP contribution in [0.2, 0.25) is 19.6 Å². The third kappa shape index (κ3) is 3.07. The van der Waals surface area contributed by atoms with Gasteiger partial charge in [0.2, 0.25) is 0 Å². The fourth-order valence-corrected chi connectivity index (χ4v) is 3.97. The van der Waals surface area contributed by atoms with E-state index in [1.807, 2.05) is 12.2 Å². The average Bonchev–Trinajstić information content (AvgIpc) is 2.95. The van der Waals surface area contributed by atoms with Gasteiger partial charge in [0, 0.05) is 0 Å². The lowest BCUT2D eigenvalue weighted by atomic mass is 9.97. The van der Waals surface area contributed by atoms with Crippen LogP contribution in [0.4, 0.5) is 0 Å². The van der Waals surface area contributed by atoms with Crippen LogP contribution < -0.4 is 0 Å². The maximum absolute atomic E-state index is 12.2. The second kappa shape index (κ2) is 5.47. The summed E-state index contributed by atoms with van der Waals surface area (Å²) in [4.78, 5) is 12.2. The zero-order valence-corrected chi connectivity index (χ0v) is 13.4. The van der Waals surface area contributed by atoms with Crippen LogP contribution in [0.3, 0.4) is 0 Å². The molecule has 0 N–H and O–H groups in total. The van der Waals surface area contributed by atoms with E-state index in [0.29, 0.717) is 12.8 Å². The highest BCUT2D eigenvalue weighted by atomic mass is 28.4. The molecule has 0 spiro atoms. The van der Waals surface area contributed by atoms with E-state index in [1.54, 1.807) is 12.2 Å². The zero-order chi connectivity index (χ0) is 14.7. The van der Waals surface area contributed by atoms with Crippen molar-refractivity contribution in [2.75, 3.05) is 7.11 Å². The molecule has 4 heteroatoms. The molecule has 0 heterocycles. The minimum atomic E-state index is -1.77. The number of esters is 1. The number of hydrogen-bond donors (Lipinski definition) is 0. The van der Waals surface area contributed by atoms with Crippen LogP contribution in [0.1, 0.15) is 12.8 Å². The van der Waals surface area contributed by atoms with Crippen LogP contribution >= 0.6 is 0 Å². The average molecular weight is 280 g/mol. The second-order valence-electron chi connectivity index (χ2n) is 5.93. The summed E-state index contributed by atoms with van der Waals surface area (Å²) in [5.41, 5.74) is -1.20. The van der Waals surface area contributed by atoms with Gasteiger partial charge in [0.05, 0.1) is 12.7 Å². The van der Waals surface area contributed by atoms with Crippen molar-refractivity contribution in [3.63, 3.8) is 0 Å². The quantitative estimate of drug-likeness (QED) is 0.310. The second-order valence-corrected chi connectivity index (χ2v) is 10.4. The van der Waals surface area contributed by atoms with E-state index < -0.39 is 19.3 Å². The summed E-state index contributed by atoms with van der Waals surface area (Å²) in [5, 5.41) is 0. The minimum Gasteiger partial charge on any atom is -0.468 e. The summed E-state index contributed by atoms with van der Waals surface area (Å²) in [5.74, 6) is -0.223. The first-order valence-electron chi connectivity index (χ1n) is 6.47. The Morgan fingerprint density at radius 1 is 1.37 bits per heavy atom. The highest BCUT2D eigenvalue weighted by Gasteiger charge is 2.72. The molecule has 1 rings (SSSR count). The number of allylic oxidation sites excluding steroid dienone is 3. The van der Waals surface area contributed by atoms with Gasteiger partial charge in [0.25, 0.3) is 0 Å². The van der Waals surface area contributed by atoms with Crippen LogP contribution in [0.15, 0.2) is 37.5 Å². The standard InChI is InChI=1S/C15H24O3Si/c1-7-9-10-11-14(13(16)17-3)12-15(14,8-2)18-19(4,5)6/h7-10H,1-2,11-12H2,3-6H3/b10-9+/t14-,15+/m0/s1. The maximum atomic E-state index is 12.2. The number of methoxy groups -OCH3 is 1. The van der Waals surface area contributed by atoms with Crippen LogP contribution in [0, 0.1) is 5.41 Å². The fourth-order valence-electron chi connectivity index (χ4n) is 2.53. The Hall–Kier alpha value is -1.13. The molecule has 106 valence electrons. The smallest absolute Gasteiger partial charge is 0.315 e. The Balaban J connectivity index is 3.02. The van der Waals surface area contributed by atoms with Crippen molar-refractivity contribution in [3.05, 3.63) is 37.5 Å². The van der Waals surface area contributed by atoms with Gasteiger partial charge < -0.3 is 9.16 Å². The van der Waals surface area contributed by atoms with Gasteiger partial charge in [-0.3, -0.25) is 4.79 Å². The third-order valence-corrected chi connectivity index (χ3v) is 4.36. The van der Waals surface area contributed by atoms with Crippen molar-refractivity contribution in [3.8, 4) is 0 Å². The van der Waals surface area contributed by atoms with E-state index >= 15 is 0 Å². The molecule has 3 nitrogen and oxygen atoms in total. The molecule has 0 saturated heterocycles. The highest BCUT2D eigenvalue weighted by molar-refractivity contribution is 6.69. The fraction of sp³-hybridized carbons (Fsp3) is 0.533. The summed E-state index contributed by atoms with van der Waals surface area (Å²) < 4.78 is 11.2. The molecular formula is C15H24O3Si. The lowest BCUT2D eigenvalue weighted by molar-refractivity contribution is -0.149. The molecule has 2 atom stereocenters. The summed E-state index contributed by atoms with van der Waals surface area (Å²) >= 11 is 0. The SMILES string of the molecule is C=C/C=C/C[C@@]1(C(=O)OC)C[C@@]1(C=C)O[Si](C)(C)C. The van der Waals surface area contributed by atoms with Gasteiger partial charge in [-0.15, -0.1) is 6.58 Å². The molecule has 0 aromatic heterocycles. The van der Waals surface area contributed by atoms with Crippen molar-refractivity contribution in [1.82, 2.24) is 0 Å². The summed E-state index contributed by atoms with van der Waals surface area (Å²) in [7, 11) is -0.351. The molecule has 0 radical (unpaired) electrons. The van der Waals surface area contributed by atoms with Crippen LogP contribution in [0.5, 0.6) is 0 Å². The summed E-state index contributed by atoms with van der Waals surface area (Å²) in [6, 6.07) is 0. The molecule has 0 aliphatic heterocycles. The lowest BCUT2D eigenvalue weighted by Crippen LogP contribution is -2.38. The zero-order valence-electron chi connectivity index (χ0n) is 12.4. The van der Waals surface area contributed by atoms with E-state index in [2.05, 4.69) is 32.8 Å². The van der Waals surface area contributed by atoms with Gasteiger partial charge in [-0.1, -0.05) is 30.9 Å². The summed E-state index contributed by atoms with van der Waals surface area (Å²) in [6.07, 6.45) is 8.46. The van der Waals surface area contributed by atoms with Crippen LogP contribution in [-0.2, 0) is 14.0 Å². The Morgan fingerprint density at radius 2 is 2.00 bits per heavy atom. The minimum absolute atomic E-state index is 0.223. The lowest BCUT2D eigenvalue weighted by Gasteiger charge is -2.28. The van der Waals surface area contributed by atoms with E-state index in [9.17, 15) is 4.79 Å². The van der Waals surface area contributed by atoms with Crippen molar-refractivity contribution in [2.24, 2.45) is 5.41 Å². The molecule has 0 bridgehead atoms. The van der Waals surface area contributed by atoms with Gasteiger partial charge in [-0.25, -0.2) is 0 Å². The van der Waals surface area contributed by atoms with E-state index in [4.69, 9.17) is 9.16 Å².